The van der Waals surface area contributed by atoms with Gasteiger partial charge < -0.3 is 15.0 Å². The van der Waals surface area contributed by atoms with Gasteiger partial charge in [0.15, 0.2) is 0 Å². The Labute approximate surface area is 214 Å². The van der Waals surface area contributed by atoms with Crippen molar-refractivity contribution in [3.63, 3.8) is 0 Å². The SMILES string of the molecule is CCCc1sc(C(=O)N2CCC(c3cc(CNC(=O)OC(C)(C)C)ccc3F)CC2)c(C)c1Br. The number of carbonyl (C=O) groups excluding carboxylic acids is 2. The van der Waals surface area contributed by atoms with Gasteiger partial charge in [0.1, 0.15) is 11.4 Å². The molecule has 0 atom stereocenters. The van der Waals surface area contributed by atoms with Gasteiger partial charge in [0.25, 0.3) is 5.91 Å². The second-order valence-electron chi connectivity index (χ2n) is 9.82. The number of halogens is 2. The van der Waals surface area contributed by atoms with Crippen molar-refractivity contribution in [2.24, 2.45) is 0 Å². The number of benzene rings is 1. The third-order valence-corrected chi connectivity index (χ3v) is 8.60. The lowest BCUT2D eigenvalue weighted by Crippen LogP contribution is -2.38. The highest BCUT2D eigenvalue weighted by Gasteiger charge is 2.29. The van der Waals surface area contributed by atoms with Crippen molar-refractivity contribution >= 4 is 39.3 Å². The van der Waals surface area contributed by atoms with E-state index in [2.05, 4.69) is 28.2 Å². The Balaban J connectivity index is 1.62. The van der Waals surface area contributed by atoms with E-state index in [4.69, 9.17) is 4.74 Å². The first-order valence-corrected chi connectivity index (χ1v) is 13.4. The maximum absolute atomic E-state index is 14.7. The molecule has 2 heterocycles. The van der Waals surface area contributed by atoms with Crippen molar-refractivity contribution in [3.8, 4) is 0 Å². The highest BCUT2D eigenvalue weighted by Crippen LogP contribution is 2.36. The molecule has 3 rings (SSSR count). The molecule has 1 fully saturated rings. The third kappa shape index (κ3) is 6.60. The monoisotopic (exact) mass is 552 g/mol. The van der Waals surface area contributed by atoms with Crippen LogP contribution in [0.4, 0.5) is 9.18 Å². The highest BCUT2D eigenvalue weighted by atomic mass is 79.9. The summed E-state index contributed by atoms with van der Waals surface area (Å²) in [6.45, 7) is 11.0. The molecular formula is C26H34BrFN2O3S. The molecule has 34 heavy (non-hydrogen) atoms. The molecule has 0 radical (unpaired) electrons. The average molecular weight is 554 g/mol. The Hall–Kier alpha value is -1.93. The molecule has 0 spiro atoms. The number of aryl methyl sites for hydroxylation is 1. The number of hydrogen-bond acceptors (Lipinski definition) is 4. The number of carbonyl (C=O) groups is 2. The molecule has 1 N–H and O–H groups in total. The van der Waals surface area contributed by atoms with Crippen LogP contribution in [0.2, 0.25) is 0 Å². The zero-order valence-corrected chi connectivity index (χ0v) is 23.0. The lowest BCUT2D eigenvalue weighted by Gasteiger charge is -2.32. The van der Waals surface area contributed by atoms with Crippen LogP contribution in [0, 0.1) is 12.7 Å². The summed E-state index contributed by atoms with van der Waals surface area (Å²) in [5, 5.41) is 2.73. The van der Waals surface area contributed by atoms with Gasteiger partial charge in [-0.1, -0.05) is 25.5 Å². The Morgan fingerprint density at radius 1 is 1.26 bits per heavy atom. The van der Waals surface area contributed by atoms with E-state index in [0.717, 1.165) is 33.3 Å². The molecule has 0 saturated carbocycles. The topological polar surface area (TPSA) is 58.6 Å². The van der Waals surface area contributed by atoms with Crippen LogP contribution in [0.5, 0.6) is 0 Å². The van der Waals surface area contributed by atoms with Crippen molar-refractivity contribution in [1.29, 1.82) is 0 Å². The summed E-state index contributed by atoms with van der Waals surface area (Å²) in [5.41, 5.74) is 1.91. The number of likely N-dealkylation sites (tertiary alicyclic amines) is 1. The fraction of sp³-hybridized carbons (Fsp3) is 0.538. The maximum atomic E-state index is 14.7. The molecule has 2 aromatic rings. The molecule has 1 aromatic heterocycles. The molecule has 0 bridgehead atoms. The van der Waals surface area contributed by atoms with E-state index in [1.54, 1.807) is 17.4 Å². The predicted molar refractivity (Wildman–Crippen MR) is 138 cm³/mol. The van der Waals surface area contributed by atoms with E-state index in [9.17, 15) is 14.0 Å². The Morgan fingerprint density at radius 2 is 1.94 bits per heavy atom. The van der Waals surface area contributed by atoms with Gasteiger partial charge in [-0.2, -0.15) is 0 Å². The molecule has 1 aliphatic rings. The average Bonchev–Trinajstić information content (AvgIpc) is 3.06. The highest BCUT2D eigenvalue weighted by molar-refractivity contribution is 9.10. The van der Waals surface area contributed by atoms with Gasteiger partial charge >= 0.3 is 6.09 Å². The van der Waals surface area contributed by atoms with Gasteiger partial charge in [0, 0.05) is 29.0 Å². The second-order valence-corrected chi connectivity index (χ2v) is 11.7. The zero-order valence-electron chi connectivity index (χ0n) is 20.6. The van der Waals surface area contributed by atoms with E-state index in [-0.39, 0.29) is 24.2 Å². The fourth-order valence-corrected chi connectivity index (χ4v) is 6.22. The number of thiophene rings is 1. The largest absolute Gasteiger partial charge is 0.444 e. The summed E-state index contributed by atoms with van der Waals surface area (Å²) in [6.07, 6.45) is 2.91. The molecule has 1 saturated heterocycles. The summed E-state index contributed by atoms with van der Waals surface area (Å²) < 4.78 is 21.0. The smallest absolute Gasteiger partial charge is 0.407 e. The number of piperidine rings is 1. The predicted octanol–water partition coefficient (Wildman–Crippen LogP) is 6.96. The zero-order chi connectivity index (χ0) is 25.0. The third-order valence-electron chi connectivity index (χ3n) is 5.93. The molecule has 1 aromatic carbocycles. The summed E-state index contributed by atoms with van der Waals surface area (Å²) in [4.78, 5) is 29.0. The van der Waals surface area contributed by atoms with Crippen LogP contribution in [0.15, 0.2) is 22.7 Å². The maximum Gasteiger partial charge on any atom is 0.407 e. The van der Waals surface area contributed by atoms with E-state index < -0.39 is 11.7 Å². The number of alkyl carbamates (subject to hydrolysis) is 1. The van der Waals surface area contributed by atoms with Crippen molar-refractivity contribution in [2.45, 2.75) is 78.4 Å². The minimum absolute atomic E-state index is 0.0392. The first kappa shape index (κ1) is 26.7. The number of nitrogens with one attached hydrogen (secondary N) is 1. The van der Waals surface area contributed by atoms with E-state index in [1.807, 2.05) is 38.7 Å². The van der Waals surface area contributed by atoms with Crippen LogP contribution in [0.3, 0.4) is 0 Å². The molecule has 5 nitrogen and oxygen atoms in total. The molecular weight excluding hydrogens is 519 g/mol. The normalized spacial score (nSPS) is 14.9. The minimum atomic E-state index is -0.571. The minimum Gasteiger partial charge on any atom is -0.444 e. The number of rotatable bonds is 6. The number of nitrogens with zero attached hydrogens (tertiary/aromatic N) is 1. The van der Waals surface area contributed by atoms with Gasteiger partial charge in [0.05, 0.1) is 4.88 Å². The lowest BCUT2D eigenvalue weighted by molar-refractivity contribution is 0.0523. The Kier molecular flexibility index (Phi) is 8.79. The van der Waals surface area contributed by atoms with Gasteiger partial charge in [-0.25, -0.2) is 9.18 Å². The van der Waals surface area contributed by atoms with Crippen molar-refractivity contribution in [3.05, 3.63) is 54.9 Å². The van der Waals surface area contributed by atoms with Crippen molar-refractivity contribution in [2.75, 3.05) is 13.1 Å². The Bertz CT molecular complexity index is 1040. The molecule has 0 unspecified atom stereocenters. The number of ether oxygens (including phenoxy) is 1. The van der Waals surface area contributed by atoms with Crippen LogP contribution >= 0.6 is 27.3 Å². The number of amides is 2. The fourth-order valence-electron chi connectivity index (χ4n) is 4.19. The van der Waals surface area contributed by atoms with Gasteiger partial charge in [0.2, 0.25) is 0 Å². The Morgan fingerprint density at radius 3 is 2.56 bits per heavy atom. The molecule has 186 valence electrons. The van der Waals surface area contributed by atoms with E-state index in [0.29, 0.717) is 31.5 Å². The summed E-state index contributed by atoms with van der Waals surface area (Å²) in [6, 6.07) is 4.97. The quantitative estimate of drug-likeness (QED) is 0.421. The summed E-state index contributed by atoms with van der Waals surface area (Å²) >= 11 is 5.23. The summed E-state index contributed by atoms with van der Waals surface area (Å²) in [5.74, 6) is -0.134. The van der Waals surface area contributed by atoms with Crippen LogP contribution in [0.25, 0.3) is 0 Å². The molecule has 1 aliphatic heterocycles. The van der Waals surface area contributed by atoms with Gasteiger partial charge in [-0.05, 0) is 91.6 Å². The van der Waals surface area contributed by atoms with Crippen LogP contribution in [-0.2, 0) is 17.7 Å². The van der Waals surface area contributed by atoms with E-state index >= 15 is 0 Å². The first-order chi connectivity index (χ1) is 16.0. The molecule has 2 amide bonds. The lowest BCUT2D eigenvalue weighted by atomic mass is 9.88. The van der Waals surface area contributed by atoms with Crippen LogP contribution in [-0.4, -0.2) is 35.6 Å². The van der Waals surface area contributed by atoms with Gasteiger partial charge in [-0.3, -0.25) is 4.79 Å². The van der Waals surface area contributed by atoms with Crippen molar-refractivity contribution < 1.29 is 18.7 Å². The van der Waals surface area contributed by atoms with Crippen molar-refractivity contribution in [1.82, 2.24) is 10.2 Å². The molecule has 8 heteroatoms. The molecule has 0 aliphatic carbocycles. The van der Waals surface area contributed by atoms with E-state index in [1.165, 1.54) is 10.9 Å². The van der Waals surface area contributed by atoms with Crippen LogP contribution in [0.1, 0.15) is 84.1 Å². The first-order valence-electron chi connectivity index (χ1n) is 11.8. The number of hydrogen-bond donors (Lipinski definition) is 1. The second kappa shape index (κ2) is 11.2. The van der Waals surface area contributed by atoms with Gasteiger partial charge in [-0.15, -0.1) is 11.3 Å². The van der Waals surface area contributed by atoms with Crippen LogP contribution < -0.4 is 5.32 Å². The summed E-state index contributed by atoms with van der Waals surface area (Å²) in [7, 11) is 0. The standard InChI is InChI=1S/C26H34BrFN2O3S/c1-6-7-21-22(27)16(2)23(34-21)24(31)30-12-10-18(11-13-30)19-14-17(8-9-20(19)28)15-29-25(32)33-26(3,4)5/h8-9,14,18H,6-7,10-13,15H2,1-5H3,(H,29,32).